The zero-order chi connectivity index (χ0) is 14.8. The molecule has 0 radical (unpaired) electrons. The van der Waals surface area contributed by atoms with Crippen LogP contribution < -0.4 is 5.32 Å². The predicted octanol–water partition coefficient (Wildman–Crippen LogP) is -0.521. The fourth-order valence-electron chi connectivity index (χ4n) is 2.96. The zero-order valence-electron chi connectivity index (χ0n) is 12.1. The number of amides is 1. The first kappa shape index (κ1) is 14.5. The second-order valence-corrected chi connectivity index (χ2v) is 5.48. The third kappa shape index (κ3) is 2.95. The topological polar surface area (TPSA) is 85.6 Å². The number of carbonyl (C=O) groups is 1. The molecule has 0 spiro atoms. The van der Waals surface area contributed by atoms with Gasteiger partial charge in [0.2, 0.25) is 5.91 Å². The van der Waals surface area contributed by atoms with E-state index >= 15 is 0 Å². The van der Waals surface area contributed by atoms with Crippen LogP contribution in [0.25, 0.3) is 0 Å². The zero-order valence-corrected chi connectivity index (χ0v) is 12.1. The van der Waals surface area contributed by atoms with E-state index in [-0.39, 0.29) is 30.8 Å². The van der Waals surface area contributed by atoms with Crippen LogP contribution >= 0.6 is 0 Å². The summed E-state index contributed by atoms with van der Waals surface area (Å²) in [5, 5.41) is 12.6. The summed E-state index contributed by atoms with van der Waals surface area (Å²) in [6.45, 7) is 3.32. The number of fused-ring (bicyclic) bond motifs is 1. The Balaban J connectivity index is 1.49. The summed E-state index contributed by atoms with van der Waals surface area (Å²) in [6.07, 6.45) is 3.74. The maximum atomic E-state index is 12.0. The van der Waals surface area contributed by atoms with E-state index in [1.165, 1.54) is 0 Å². The van der Waals surface area contributed by atoms with E-state index in [1.54, 1.807) is 6.20 Å². The summed E-state index contributed by atoms with van der Waals surface area (Å²) in [4.78, 5) is 16.3. The van der Waals surface area contributed by atoms with Gasteiger partial charge >= 0.3 is 0 Å². The van der Waals surface area contributed by atoms with Gasteiger partial charge in [0.05, 0.1) is 19.3 Å². The van der Waals surface area contributed by atoms with Gasteiger partial charge in [-0.15, -0.1) is 0 Å². The Hall–Kier alpha value is -1.44. The number of nitrogens with zero attached hydrogens (tertiary/aromatic N) is 2. The number of hydrogen-bond donors (Lipinski definition) is 2. The third-order valence-electron chi connectivity index (χ3n) is 4.07. The molecule has 2 aliphatic rings. The quantitative estimate of drug-likeness (QED) is 0.763. The van der Waals surface area contributed by atoms with Crippen molar-refractivity contribution in [3.63, 3.8) is 0 Å². The second kappa shape index (κ2) is 6.13. The number of aromatic nitrogens is 2. The average molecular weight is 295 g/mol. The maximum Gasteiger partial charge on any atom is 0.222 e. The lowest BCUT2D eigenvalue weighted by atomic mass is 10.1. The third-order valence-corrected chi connectivity index (χ3v) is 4.07. The van der Waals surface area contributed by atoms with E-state index in [1.807, 2.05) is 17.7 Å². The lowest BCUT2D eigenvalue weighted by Gasteiger charge is -2.17. The summed E-state index contributed by atoms with van der Waals surface area (Å²) in [6, 6.07) is -0.173. The van der Waals surface area contributed by atoms with Gasteiger partial charge in [-0.2, -0.15) is 0 Å². The molecule has 0 unspecified atom stereocenters. The number of ether oxygens (including phenoxy) is 2. The molecule has 2 N–H and O–H groups in total. The van der Waals surface area contributed by atoms with E-state index in [0.29, 0.717) is 19.6 Å². The van der Waals surface area contributed by atoms with Crippen molar-refractivity contribution >= 4 is 5.91 Å². The number of nitrogens with one attached hydrogen (secondary N) is 1. The number of imidazole rings is 1. The molecule has 3 rings (SSSR count). The van der Waals surface area contributed by atoms with Crippen LogP contribution in [0.15, 0.2) is 12.4 Å². The van der Waals surface area contributed by atoms with Crippen LogP contribution in [-0.2, 0) is 27.2 Å². The summed E-state index contributed by atoms with van der Waals surface area (Å²) in [7, 11) is 0. The standard InChI is InChI=1S/C14H21N3O4/c1-2-11-15-4-6-17(11)5-3-12(19)16-9-7-20-14-10(18)8-21-13(9)14/h4,6,9-10,13-14,18H,2-3,5,7-8H2,1H3,(H,16,19)/t9-,10-,13+,14+/m0/s1. The van der Waals surface area contributed by atoms with Gasteiger partial charge < -0.3 is 24.5 Å². The summed E-state index contributed by atoms with van der Waals surface area (Å²) < 4.78 is 13.0. The van der Waals surface area contributed by atoms with Gasteiger partial charge in [0.25, 0.3) is 0 Å². The van der Waals surface area contributed by atoms with E-state index < -0.39 is 6.10 Å². The molecule has 0 bridgehead atoms. The van der Waals surface area contributed by atoms with Crippen LogP contribution in [0, 0.1) is 0 Å². The van der Waals surface area contributed by atoms with Crippen molar-refractivity contribution in [3.05, 3.63) is 18.2 Å². The molecule has 2 aliphatic heterocycles. The van der Waals surface area contributed by atoms with Crippen molar-refractivity contribution < 1.29 is 19.4 Å². The fraction of sp³-hybridized carbons (Fsp3) is 0.714. The highest BCUT2D eigenvalue weighted by Crippen LogP contribution is 2.26. The molecule has 1 amide bonds. The highest BCUT2D eigenvalue weighted by atomic mass is 16.6. The van der Waals surface area contributed by atoms with E-state index in [4.69, 9.17) is 9.47 Å². The Bertz CT molecular complexity index is 504. The van der Waals surface area contributed by atoms with Crippen LogP contribution in [0.3, 0.4) is 0 Å². The Morgan fingerprint density at radius 2 is 2.29 bits per heavy atom. The molecular weight excluding hydrogens is 274 g/mol. The van der Waals surface area contributed by atoms with E-state index in [9.17, 15) is 9.90 Å². The molecule has 2 fully saturated rings. The van der Waals surface area contributed by atoms with Crippen LogP contribution in [-0.4, -0.2) is 58.1 Å². The first-order valence-corrected chi connectivity index (χ1v) is 7.39. The van der Waals surface area contributed by atoms with Gasteiger partial charge in [0, 0.05) is 31.8 Å². The van der Waals surface area contributed by atoms with Crippen LogP contribution in [0.4, 0.5) is 0 Å². The summed E-state index contributed by atoms with van der Waals surface area (Å²) in [5.74, 6) is 0.944. The highest BCUT2D eigenvalue weighted by molar-refractivity contribution is 5.76. The number of aryl methyl sites for hydroxylation is 2. The smallest absolute Gasteiger partial charge is 0.222 e. The van der Waals surface area contributed by atoms with Crippen molar-refractivity contribution in [3.8, 4) is 0 Å². The van der Waals surface area contributed by atoms with Crippen LogP contribution in [0.2, 0.25) is 0 Å². The van der Waals surface area contributed by atoms with Crippen molar-refractivity contribution in [1.29, 1.82) is 0 Å². The molecule has 4 atom stereocenters. The van der Waals surface area contributed by atoms with E-state index in [0.717, 1.165) is 12.2 Å². The minimum Gasteiger partial charge on any atom is -0.388 e. The Morgan fingerprint density at radius 1 is 1.48 bits per heavy atom. The fourth-order valence-corrected chi connectivity index (χ4v) is 2.96. The minimum atomic E-state index is -0.588. The normalized spacial score (nSPS) is 31.3. The van der Waals surface area contributed by atoms with Crippen LogP contribution in [0.5, 0.6) is 0 Å². The molecular formula is C14H21N3O4. The Labute approximate surface area is 123 Å². The van der Waals surface area contributed by atoms with Gasteiger partial charge in [-0.25, -0.2) is 4.98 Å². The minimum absolute atomic E-state index is 0.0370. The van der Waals surface area contributed by atoms with Gasteiger partial charge in [-0.05, 0) is 0 Å². The maximum absolute atomic E-state index is 12.0. The van der Waals surface area contributed by atoms with Crippen molar-refractivity contribution in [2.24, 2.45) is 0 Å². The first-order valence-electron chi connectivity index (χ1n) is 7.39. The molecule has 7 heteroatoms. The SMILES string of the molecule is CCc1nccn1CCC(=O)N[C@H]1CO[C@H]2[C@@H]1OC[C@@H]2O. The molecule has 21 heavy (non-hydrogen) atoms. The summed E-state index contributed by atoms with van der Waals surface area (Å²) >= 11 is 0. The predicted molar refractivity (Wildman–Crippen MR) is 73.6 cm³/mol. The molecule has 0 saturated carbocycles. The van der Waals surface area contributed by atoms with E-state index in [2.05, 4.69) is 10.3 Å². The molecule has 0 aromatic carbocycles. The number of aliphatic hydroxyl groups is 1. The van der Waals surface area contributed by atoms with Gasteiger partial charge in [0.15, 0.2) is 0 Å². The number of aliphatic hydroxyl groups excluding tert-OH is 1. The lowest BCUT2D eigenvalue weighted by Crippen LogP contribution is -2.44. The Morgan fingerprint density at radius 3 is 3.10 bits per heavy atom. The summed E-state index contributed by atoms with van der Waals surface area (Å²) in [5.41, 5.74) is 0. The number of hydrogen-bond acceptors (Lipinski definition) is 5. The monoisotopic (exact) mass is 295 g/mol. The van der Waals surface area contributed by atoms with Crippen molar-refractivity contribution in [2.75, 3.05) is 13.2 Å². The molecule has 1 aromatic heterocycles. The lowest BCUT2D eigenvalue weighted by molar-refractivity contribution is -0.122. The second-order valence-electron chi connectivity index (χ2n) is 5.48. The number of rotatable bonds is 5. The molecule has 0 aliphatic carbocycles. The molecule has 3 heterocycles. The molecule has 116 valence electrons. The van der Waals surface area contributed by atoms with Gasteiger partial charge in [-0.3, -0.25) is 4.79 Å². The average Bonchev–Trinajstić information content (AvgIpc) is 3.16. The number of carbonyl (C=O) groups excluding carboxylic acids is 1. The van der Waals surface area contributed by atoms with Crippen LogP contribution in [0.1, 0.15) is 19.2 Å². The van der Waals surface area contributed by atoms with Gasteiger partial charge in [0.1, 0.15) is 24.1 Å². The van der Waals surface area contributed by atoms with Gasteiger partial charge in [-0.1, -0.05) is 6.92 Å². The highest BCUT2D eigenvalue weighted by Gasteiger charge is 2.47. The Kier molecular flexibility index (Phi) is 4.23. The van der Waals surface area contributed by atoms with Crippen molar-refractivity contribution in [2.45, 2.75) is 50.7 Å². The molecule has 2 saturated heterocycles. The first-order chi connectivity index (χ1) is 10.2. The van der Waals surface area contributed by atoms with Crippen molar-refractivity contribution in [1.82, 2.24) is 14.9 Å². The largest absolute Gasteiger partial charge is 0.388 e. The molecule has 7 nitrogen and oxygen atoms in total. The molecule has 1 aromatic rings.